The van der Waals surface area contributed by atoms with Crippen molar-refractivity contribution in [3.63, 3.8) is 0 Å². The molecule has 1 N–H and O–H groups in total. The first kappa shape index (κ1) is 12.0. The van der Waals surface area contributed by atoms with Gasteiger partial charge in [-0.05, 0) is 0 Å². The Balaban J connectivity index is 3.37. The average Bonchev–Trinajstić information content (AvgIpc) is 2.00. The van der Waals surface area contributed by atoms with Gasteiger partial charge in [-0.15, -0.1) is 0 Å². The third kappa shape index (κ3) is 2.47. The van der Waals surface area contributed by atoms with Gasteiger partial charge in [0, 0.05) is 6.07 Å². The molecule has 0 atom stereocenters. The zero-order valence-electron chi connectivity index (χ0n) is 6.82. The van der Waals surface area contributed by atoms with Gasteiger partial charge in [0.25, 0.3) is 6.43 Å². The van der Waals surface area contributed by atoms with Crippen LogP contribution in [0.1, 0.15) is 17.8 Å². The number of alkyl halides is 5. The molecule has 0 amide bonds. The van der Waals surface area contributed by atoms with Crippen molar-refractivity contribution >= 4 is 11.6 Å². The summed E-state index contributed by atoms with van der Waals surface area (Å²) >= 11 is 5.10. The van der Waals surface area contributed by atoms with Crippen LogP contribution >= 0.6 is 11.6 Å². The van der Waals surface area contributed by atoms with E-state index in [0.717, 1.165) is 0 Å². The number of pyridine rings is 1. The largest absolute Gasteiger partial charge is 0.506 e. The first-order valence-electron chi connectivity index (χ1n) is 3.48. The molecule has 1 heterocycles. The van der Waals surface area contributed by atoms with Crippen molar-refractivity contribution in [1.82, 2.24) is 4.98 Å². The third-order valence-corrected chi connectivity index (χ3v) is 1.75. The monoisotopic (exact) mass is 247 g/mol. The molecule has 0 aliphatic heterocycles. The molecule has 0 aliphatic carbocycles. The lowest BCUT2D eigenvalue weighted by Gasteiger charge is -2.10. The predicted molar refractivity (Wildman–Crippen MR) is 40.9 cm³/mol. The Morgan fingerprint density at radius 2 is 1.87 bits per heavy atom. The summed E-state index contributed by atoms with van der Waals surface area (Å²) in [5, 5.41) is 7.93. The number of aromatic nitrogens is 1. The molecular weight excluding hydrogens is 245 g/mol. The Kier molecular flexibility index (Phi) is 3.03. The molecule has 0 saturated carbocycles. The molecule has 0 saturated heterocycles. The van der Waals surface area contributed by atoms with E-state index in [1.807, 2.05) is 0 Å². The van der Waals surface area contributed by atoms with Crippen LogP contribution in [-0.2, 0) is 6.18 Å². The van der Waals surface area contributed by atoms with E-state index < -0.39 is 34.8 Å². The van der Waals surface area contributed by atoms with Crippen LogP contribution in [0.15, 0.2) is 6.07 Å². The van der Waals surface area contributed by atoms with Crippen LogP contribution in [0.3, 0.4) is 0 Å². The summed E-state index contributed by atoms with van der Waals surface area (Å²) in [5.41, 5.74) is -2.98. The summed E-state index contributed by atoms with van der Waals surface area (Å²) < 4.78 is 60.6. The lowest BCUT2D eigenvalue weighted by Crippen LogP contribution is -2.10. The molecule has 0 aromatic carbocycles. The van der Waals surface area contributed by atoms with Crippen molar-refractivity contribution in [3.05, 3.63) is 22.5 Å². The molecule has 0 aliphatic rings. The van der Waals surface area contributed by atoms with Gasteiger partial charge < -0.3 is 5.11 Å². The molecule has 84 valence electrons. The summed E-state index contributed by atoms with van der Waals surface area (Å²) in [6.45, 7) is 0. The van der Waals surface area contributed by atoms with Crippen molar-refractivity contribution in [1.29, 1.82) is 0 Å². The minimum atomic E-state index is -4.94. The number of rotatable bonds is 1. The van der Waals surface area contributed by atoms with Crippen LogP contribution < -0.4 is 0 Å². The predicted octanol–water partition coefficient (Wildman–Crippen LogP) is 3.40. The molecule has 0 spiro atoms. The lowest BCUT2D eigenvalue weighted by atomic mass is 10.2. The number of halogens is 6. The van der Waals surface area contributed by atoms with E-state index in [0.29, 0.717) is 6.07 Å². The van der Waals surface area contributed by atoms with E-state index in [1.54, 1.807) is 0 Å². The van der Waals surface area contributed by atoms with E-state index in [9.17, 15) is 22.0 Å². The first-order valence-corrected chi connectivity index (χ1v) is 3.86. The second-order valence-electron chi connectivity index (χ2n) is 2.52. The van der Waals surface area contributed by atoms with Gasteiger partial charge in [0.05, 0.1) is 5.02 Å². The fourth-order valence-corrected chi connectivity index (χ4v) is 1.11. The summed E-state index contributed by atoms with van der Waals surface area (Å²) in [4.78, 5) is 2.59. The van der Waals surface area contributed by atoms with Crippen LogP contribution in [0.4, 0.5) is 22.0 Å². The topological polar surface area (TPSA) is 33.1 Å². The number of hydrogen-bond acceptors (Lipinski definition) is 2. The highest BCUT2D eigenvalue weighted by Crippen LogP contribution is 2.37. The van der Waals surface area contributed by atoms with Crippen LogP contribution in [0, 0.1) is 0 Å². The third-order valence-electron chi connectivity index (χ3n) is 1.46. The Morgan fingerprint density at radius 3 is 2.27 bits per heavy atom. The highest BCUT2D eigenvalue weighted by molar-refractivity contribution is 6.31. The number of aromatic hydroxyl groups is 1. The SMILES string of the molecule is Oc1cc(Cl)c(C(F)(F)F)nc1C(F)F. The van der Waals surface area contributed by atoms with E-state index >= 15 is 0 Å². The lowest BCUT2D eigenvalue weighted by molar-refractivity contribution is -0.141. The molecule has 1 aromatic heterocycles. The fourth-order valence-electron chi connectivity index (χ4n) is 0.853. The smallest absolute Gasteiger partial charge is 0.434 e. The van der Waals surface area contributed by atoms with E-state index in [-0.39, 0.29) is 0 Å². The fraction of sp³-hybridized carbons (Fsp3) is 0.286. The van der Waals surface area contributed by atoms with Crippen LogP contribution in [0.2, 0.25) is 5.02 Å². The van der Waals surface area contributed by atoms with Crippen LogP contribution in [0.25, 0.3) is 0 Å². The maximum Gasteiger partial charge on any atom is 0.434 e. The maximum atomic E-state index is 12.2. The molecular formula is C7H3ClF5NO. The Hall–Kier alpha value is -1.11. The summed E-state index contributed by atoms with van der Waals surface area (Å²) in [7, 11) is 0. The molecule has 2 nitrogen and oxygen atoms in total. The van der Waals surface area contributed by atoms with Gasteiger partial charge in [-0.1, -0.05) is 11.6 Å². The highest BCUT2D eigenvalue weighted by atomic mass is 35.5. The van der Waals surface area contributed by atoms with Gasteiger partial charge in [0.1, 0.15) is 11.4 Å². The van der Waals surface area contributed by atoms with Gasteiger partial charge in [0.15, 0.2) is 5.69 Å². The maximum absolute atomic E-state index is 12.2. The second kappa shape index (κ2) is 3.80. The minimum Gasteiger partial charge on any atom is -0.506 e. The summed E-state index contributed by atoms with van der Waals surface area (Å²) in [5.74, 6) is -1.07. The van der Waals surface area contributed by atoms with Gasteiger partial charge >= 0.3 is 6.18 Å². The zero-order chi connectivity index (χ0) is 11.8. The van der Waals surface area contributed by atoms with E-state index in [2.05, 4.69) is 4.98 Å². The normalized spacial score (nSPS) is 12.2. The van der Waals surface area contributed by atoms with E-state index in [4.69, 9.17) is 16.7 Å². The Morgan fingerprint density at radius 1 is 1.33 bits per heavy atom. The number of nitrogens with zero attached hydrogens (tertiary/aromatic N) is 1. The molecule has 1 rings (SSSR count). The van der Waals surface area contributed by atoms with Gasteiger partial charge in [0.2, 0.25) is 0 Å². The van der Waals surface area contributed by atoms with E-state index in [1.165, 1.54) is 0 Å². The second-order valence-corrected chi connectivity index (χ2v) is 2.93. The Labute approximate surface area is 85.3 Å². The van der Waals surface area contributed by atoms with Crippen LogP contribution in [-0.4, -0.2) is 10.1 Å². The average molecular weight is 248 g/mol. The van der Waals surface area contributed by atoms with Crippen molar-refractivity contribution in [2.75, 3.05) is 0 Å². The molecule has 0 unspecified atom stereocenters. The van der Waals surface area contributed by atoms with Crippen molar-refractivity contribution in [2.24, 2.45) is 0 Å². The van der Waals surface area contributed by atoms with Gasteiger partial charge in [-0.3, -0.25) is 0 Å². The first-order chi connectivity index (χ1) is 6.73. The quantitative estimate of drug-likeness (QED) is 0.772. The minimum absolute atomic E-state index is 0.388. The summed E-state index contributed by atoms with van der Waals surface area (Å²) in [6.07, 6.45) is -8.24. The Bertz CT molecular complexity index is 378. The number of hydrogen-bond donors (Lipinski definition) is 1. The van der Waals surface area contributed by atoms with Crippen LogP contribution in [0.5, 0.6) is 5.75 Å². The molecule has 0 bridgehead atoms. The molecule has 0 fully saturated rings. The summed E-state index contributed by atoms with van der Waals surface area (Å²) in [6, 6.07) is 0.388. The molecule has 0 radical (unpaired) electrons. The zero-order valence-corrected chi connectivity index (χ0v) is 7.57. The highest BCUT2D eigenvalue weighted by Gasteiger charge is 2.37. The van der Waals surface area contributed by atoms with Crippen molar-refractivity contribution in [2.45, 2.75) is 12.6 Å². The molecule has 8 heteroatoms. The molecule has 1 aromatic rings. The molecule has 15 heavy (non-hydrogen) atoms. The van der Waals surface area contributed by atoms with Gasteiger partial charge in [-0.2, -0.15) is 13.2 Å². The standard InChI is InChI=1S/C7H3ClF5NO/c8-2-1-3(15)4(6(9)10)14-5(2)7(11,12)13/h1,6,15H. The van der Waals surface area contributed by atoms with Gasteiger partial charge in [-0.25, -0.2) is 13.8 Å². The van der Waals surface area contributed by atoms with Crippen molar-refractivity contribution in [3.8, 4) is 5.75 Å². The van der Waals surface area contributed by atoms with Crippen molar-refractivity contribution < 1.29 is 27.1 Å².